The van der Waals surface area contributed by atoms with E-state index in [1.54, 1.807) is 0 Å². The Hall–Kier alpha value is -1.95. The van der Waals surface area contributed by atoms with Gasteiger partial charge in [0.15, 0.2) is 6.39 Å². The molecule has 0 amide bonds. The number of aryl methyl sites for hydroxylation is 1. The Morgan fingerprint density at radius 2 is 1.90 bits per heavy atom. The van der Waals surface area contributed by atoms with Crippen molar-refractivity contribution in [2.45, 2.75) is 32.9 Å². The molecule has 0 saturated carbocycles. The Balaban J connectivity index is 1.52. The molecule has 0 atom stereocenters. The molecule has 0 unspecified atom stereocenters. The number of rotatable bonds is 5. The first kappa shape index (κ1) is 13.1. The second-order valence-corrected chi connectivity index (χ2v) is 5.04. The zero-order chi connectivity index (χ0) is 13.8. The predicted octanol–water partition coefficient (Wildman–Crippen LogP) is 1.66. The van der Waals surface area contributed by atoms with E-state index in [1.807, 2.05) is 19.3 Å². The van der Waals surface area contributed by atoms with E-state index < -0.39 is 0 Å². The summed E-state index contributed by atoms with van der Waals surface area (Å²) in [6.07, 6.45) is 7.74. The predicted molar refractivity (Wildman–Crippen MR) is 75.3 cm³/mol. The van der Waals surface area contributed by atoms with E-state index in [9.17, 15) is 0 Å². The quantitative estimate of drug-likeness (QED) is 0.893. The lowest BCUT2D eigenvalue weighted by Crippen LogP contribution is -2.21. The zero-order valence-corrected chi connectivity index (χ0v) is 11.7. The Labute approximate surface area is 118 Å². The van der Waals surface area contributed by atoms with E-state index in [0.29, 0.717) is 6.54 Å². The molecule has 0 bridgehead atoms. The highest BCUT2D eigenvalue weighted by Crippen LogP contribution is 2.14. The minimum Gasteiger partial charge on any atom is -0.448 e. The number of aromatic nitrogens is 3. The minimum atomic E-state index is 0.691. The van der Waals surface area contributed by atoms with Gasteiger partial charge in [0.2, 0.25) is 5.95 Å². The van der Waals surface area contributed by atoms with Gasteiger partial charge in [0.05, 0.1) is 5.69 Å². The molecule has 1 fully saturated rings. The summed E-state index contributed by atoms with van der Waals surface area (Å²) in [7, 11) is 0. The zero-order valence-electron chi connectivity index (χ0n) is 11.7. The lowest BCUT2D eigenvalue weighted by molar-refractivity contribution is 0.522. The van der Waals surface area contributed by atoms with Crippen LogP contribution in [-0.4, -0.2) is 28.0 Å². The Morgan fingerprint density at radius 3 is 2.55 bits per heavy atom. The molecule has 6 heteroatoms. The van der Waals surface area contributed by atoms with E-state index in [0.717, 1.165) is 42.6 Å². The third-order valence-electron chi connectivity index (χ3n) is 3.55. The monoisotopic (exact) mass is 273 g/mol. The van der Waals surface area contributed by atoms with Crippen molar-refractivity contribution >= 4 is 5.95 Å². The fourth-order valence-electron chi connectivity index (χ4n) is 2.34. The van der Waals surface area contributed by atoms with Gasteiger partial charge in [0.25, 0.3) is 0 Å². The minimum absolute atomic E-state index is 0.691. The standard InChI is InChI=1S/C14H19N5O/c1-11-13(18-10-20-11)9-15-6-12-7-16-14(17-8-12)19-4-2-3-5-19/h7-8,10,15H,2-6,9H2,1H3. The Kier molecular flexibility index (Phi) is 3.92. The number of oxazole rings is 1. The van der Waals surface area contributed by atoms with Crippen molar-refractivity contribution in [2.24, 2.45) is 0 Å². The van der Waals surface area contributed by atoms with Crippen molar-refractivity contribution in [1.29, 1.82) is 0 Å². The van der Waals surface area contributed by atoms with Crippen LogP contribution in [0.4, 0.5) is 5.95 Å². The molecule has 20 heavy (non-hydrogen) atoms. The summed E-state index contributed by atoms with van der Waals surface area (Å²) < 4.78 is 5.16. The lowest BCUT2D eigenvalue weighted by Gasteiger charge is -2.14. The lowest BCUT2D eigenvalue weighted by atomic mass is 10.3. The van der Waals surface area contributed by atoms with Crippen LogP contribution in [0.3, 0.4) is 0 Å². The van der Waals surface area contributed by atoms with Gasteiger partial charge >= 0.3 is 0 Å². The first-order valence-electron chi connectivity index (χ1n) is 6.98. The molecule has 1 saturated heterocycles. The molecule has 0 aliphatic carbocycles. The van der Waals surface area contributed by atoms with Crippen molar-refractivity contribution in [3.8, 4) is 0 Å². The molecule has 6 nitrogen and oxygen atoms in total. The molecule has 2 aromatic rings. The average Bonchev–Trinajstić information content (AvgIpc) is 3.12. The van der Waals surface area contributed by atoms with Gasteiger partial charge in [-0.25, -0.2) is 15.0 Å². The van der Waals surface area contributed by atoms with E-state index in [-0.39, 0.29) is 0 Å². The fourth-order valence-corrected chi connectivity index (χ4v) is 2.34. The van der Waals surface area contributed by atoms with Gasteiger partial charge in [-0.15, -0.1) is 0 Å². The first-order valence-corrected chi connectivity index (χ1v) is 6.98. The number of nitrogens with one attached hydrogen (secondary N) is 1. The maximum absolute atomic E-state index is 5.16. The molecule has 1 aliphatic heterocycles. The molecule has 0 spiro atoms. The van der Waals surface area contributed by atoms with Crippen molar-refractivity contribution in [3.05, 3.63) is 35.8 Å². The first-order chi connectivity index (χ1) is 9.83. The largest absolute Gasteiger partial charge is 0.448 e. The molecule has 0 aromatic carbocycles. The van der Waals surface area contributed by atoms with Crippen LogP contribution in [0, 0.1) is 6.92 Å². The Bertz CT molecular complexity index is 545. The molecule has 1 N–H and O–H groups in total. The summed E-state index contributed by atoms with van der Waals surface area (Å²) in [5.74, 6) is 1.71. The van der Waals surface area contributed by atoms with Gasteiger partial charge in [-0.1, -0.05) is 0 Å². The van der Waals surface area contributed by atoms with Crippen molar-refractivity contribution < 1.29 is 4.42 Å². The summed E-state index contributed by atoms with van der Waals surface area (Å²) in [5.41, 5.74) is 2.02. The smallest absolute Gasteiger partial charge is 0.225 e. The maximum Gasteiger partial charge on any atom is 0.225 e. The summed E-state index contributed by atoms with van der Waals surface area (Å²) in [4.78, 5) is 15.2. The molecule has 1 aliphatic rings. The summed E-state index contributed by atoms with van der Waals surface area (Å²) in [6, 6.07) is 0. The van der Waals surface area contributed by atoms with Gasteiger partial charge in [-0.3, -0.25) is 0 Å². The molecule has 3 heterocycles. The summed E-state index contributed by atoms with van der Waals surface area (Å²) in [6.45, 7) is 5.48. The maximum atomic E-state index is 5.16. The third kappa shape index (κ3) is 2.96. The van der Waals surface area contributed by atoms with Crippen LogP contribution >= 0.6 is 0 Å². The number of nitrogens with zero attached hydrogens (tertiary/aromatic N) is 4. The van der Waals surface area contributed by atoms with Gasteiger partial charge in [-0.05, 0) is 19.8 Å². The number of hydrogen-bond acceptors (Lipinski definition) is 6. The highest BCUT2D eigenvalue weighted by Gasteiger charge is 2.14. The fraction of sp³-hybridized carbons (Fsp3) is 0.500. The van der Waals surface area contributed by atoms with Crippen LogP contribution < -0.4 is 10.2 Å². The number of hydrogen-bond donors (Lipinski definition) is 1. The highest BCUT2D eigenvalue weighted by molar-refractivity contribution is 5.30. The van der Waals surface area contributed by atoms with E-state index in [1.165, 1.54) is 19.2 Å². The molecule has 2 aromatic heterocycles. The molecule has 106 valence electrons. The molecule has 3 rings (SSSR count). The average molecular weight is 273 g/mol. The Morgan fingerprint density at radius 1 is 1.15 bits per heavy atom. The number of anilines is 1. The van der Waals surface area contributed by atoms with Crippen LogP contribution in [-0.2, 0) is 13.1 Å². The van der Waals surface area contributed by atoms with Gasteiger partial charge in [-0.2, -0.15) is 0 Å². The van der Waals surface area contributed by atoms with Crippen molar-refractivity contribution in [3.63, 3.8) is 0 Å². The van der Waals surface area contributed by atoms with E-state index >= 15 is 0 Å². The van der Waals surface area contributed by atoms with E-state index in [2.05, 4.69) is 25.2 Å². The molecule has 0 radical (unpaired) electrons. The third-order valence-corrected chi connectivity index (χ3v) is 3.55. The van der Waals surface area contributed by atoms with E-state index in [4.69, 9.17) is 4.42 Å². The highest BCUT2D eigenvalue weighted by atomic mass is 16.3. The molecular weight excluding hydrogens is 254 g/mol. The van der Waals surface area contributed by atoms with Crippen LogP contribution in [0.2, 0.25) is 0 Å². The normalized spacial score (nSPS) is 14.9. The topological polar surface area (TPSA) is 67.1 Å². The summed E-state index contributed by atoms with van der Waals surface area (Å²) in [5, 5.41) is 3.32. The van der Waals surface area contributed by atoms with Crippen LogP contribution in [0.25, 0.3) is 0 Å². The van der Waals surface area contributed by atoms with Crippen LogP contribution in [0.5, 0.6) is 0 Å². The summed E-state index contributed by atoms with van der Waals surface area (Å²) >= 11 is 0. The van der Waals surface area contributed by atoms with Crippen LogP contribution in [0.15, 0.2) is 23.2 Å². The second kappa shape index (κ2) is 6.00. The van der Waals surface area contributed by atoms with Gasteiger partial charge in [0, 0.05) is 44.1 Å². The van der Waals surface area contributed by atoms with Gasteiger partial charge in [0.1, 0.15) is 5.76 Å². The van der Waals surface area contributed by atoms with Crippen molar-refractivity contribution in [1.82, 2.24) is 20.3 Å². The molecular formula is C14H19N5O. The second-order valence-electron chi connectivity index (χ2n) is 5.04. The SMILES string of the molecule is Cc1ocnc1CNCc1cnc(N2CCCC2)nc1. The van der Waals surface area contributed by atoms with Gasteiger partial charge < -0.3 is 14.6 Å². The van der Waals surface area contributed by atoms with Crippen molar-refractivity contribution in [2.75, 3.05) is 18.0 Å². The van der Waals surface area contributed by atoms with Crippen LogP contribution in [0.1, 0.15) is 29.9 Å².